The van der Waals surface area contributed by atoms with E-state index in [0.717, 1.165) is 23.7 Å². The van der Waals surface area contributed by atoms with E-state index in [2.05, 4.69) is 54.7 Å². The van der Waals surface area contributed by atoms with Gasteiger partial charge in [-0.2, -0.15) is 0 Å². The van der Waals surface area contributed by atoms with E-state index in [1.54, 1.807) is 0 Å². The maximum atomic E-state index is 6.01. The molecule has 1 atom stereocenters. The van der Waals surface area contributed by atoms with Gasteiger partial charge in [0.2, 0.25) is 0 Å². The van der Waals surface area contributed by atoms with Crippen molar-refractivity contribution in [2.24, 2.45) is 0 Å². The predicted molar refractivity (Wildman–Crippen MR) is 90.2 cm³/mol. The molecule has 0 aliphatic carbocycles. The second-order valence-corrected chi connectivity index (χ2v) is 7.40. The molecule has 2 aromatic rings. The zero-order chi connectivity index (χ0) is 15.5. The van der Waals surface area contributed by atoms with E-state index in [9.17, 15) is 0 Å². The standard InChI is InChI=1S/C16H22ClN3S/c1-5-10-18-13(11-6-8-12(17)9-7-11)14-15(16(2,3)4)19-20-21-14/h6-9,13,18H,5,10H2,1-4H3. The Labute approximate surface area is 135 Å². The van der Waals surface area contributed by atoms with Gasteiger partial charge in [0.25, 0.3) is 0 Å². The molecule has 1 unspecified atom stereocenters. The summed E-state index contributed by atoms with van der Waals surface area (Å²) < 4.78 is 4.19. The molecule has 1 N–H and O–H groups in total. The van der Waals surface area contributed by atoms with Crippen molar-refractivity contribution < 1.29 is 0 Å². The van der Waals surface area contributed by atoms with Gasteiger partial charge in [-0.1, -0.05) is 55.9 Å². The number of halogens is 1. The maximum absolute atomic E-state index is 6.01. The van der Waals surface area contributed by atoms with Crippen LogP contribution in [0.25, 0.3) is 0 Å². The average Bonchev–Trinajstić information content (AvgIpc) is 2.90. The molecule has 0 bridgehead atoms. The van der Waals surface area contributed by atoms with E-state index >= 15 is 0 Å². The largest absolute Gasteiger partial charge is 0.305 e. The third-order valence-corrected chi connectivity index (χ3v) is 4.33. The quantitative estimate of drug-likeness (QED) is 0.875. The van der Waals surface area contributed by atoms with Crippen molar-refractivity contribution in [3.05, 3.63) is 45.4 Å². The highest BCUT2D eigenvalue weighted by Crippen LogP contribution is 2.34. The molecule has 0 fully saturated rings. The molecule has 3 nitrogen and oxygen atoms in total. The summed E-state index contributed by atoms with van der Waals surface area (Å²) >= 11 is 7.48. The van der Waals surface area contributed by atoms with Crippen LogP contribution in [0.5, 0.6) is 0 Å². The van der Waals surface area contributed by atoms with E-state index in [1.165, 1.54) is 22.0 Å². The molecule has 0 amide bonds. The van der Waals surface area contributed by atoms with Crippen LogP contribution in [-0.2, 0) is 5.41 Å². The first kappa shape index (κ1) is 16.4. The van der Waals surface area contributed by atoms with Crippen LogP contribution >= 0.6 is 23.1 Å². The molecule has 0 saturated heterocycles. The van der Waals surface area contributed by atoms with Gasteiger partial charge >= 0.3 is 0 Å². The Morgan fingerprint density at radius 1 is 1.24 bits per heavy atom. The molecular weight excluding hydrogens is 302 g/mol. The fraction of sp³-hybridized carbons (Fsp3) is 0.500. The molecule has 0 aliphatic rings. The van der Waals surface area contributed by atoms with Gasteiger partial charge < -0.3 is 5.32 Å². The zero-order valence-electron chi connectivity index (χ0n) is 13.0. The summed E-state index contributed by atoms with van der Waals surface area (Å²) in [4.78, 5) is 1.19. The minimum Gasteiger partial charge on any atom is -0.305 e. The highest BCUT2D eigenvalue weighted by molar-refractivity contribution is 7.05. The summed E-state index contributed by atoms with van der Waals surface area (Å²) in [7, 11) is 0. The summed E-state index contributed by atoms with van der Waals surface area (Å²) in [6.07, 6.45) is 1.08. The van der Waals surface area contributed by atoms with Gasteiger partial charge in [0.05, 0.1) is 16.6 Å². The van der Waals surface area contributed by atoms with Crippen molar-refractivity contribution in [1.82, 2.24) is 14.9 Å². The van der Waals surface area contributed by atoms with E-state index in [4.69, 9.17) is 11.6 Å². The molecule has 1 aromatic heterocycles. The van der Waals surface area contributed by atoms with Crippen molar-refractivity contribution in [2.45, 2.75) is 45.6 Å². The Morgan fingerprint density at radius 2 is 1.90 bits per heavy atom. The molecule has 114 valence electrons. The predicted octanol–water partition coefficient (Wildman–Crippen LogP) is 4.58. The third-order valence-electron chi connectivity index (χ3n) is 3.29. The molecule has 5 heteroatoms. The van der Waals surface area contributed by atoms with Crippen LogP contribution < -0.4 is 5.32 Å². The summed E-state index contributed by atoms with van der Waals surface area (Å²) in [5.41, 5.74) is 2.25. The molecule has 1 aromatic carbocycles. The molecular formula is C16H22ClN3S. The fourth-order valence-corrected chi connectivity index (χ4v) is 3.31. The van der Waals surface area contributed by atoms with E-state index < -0.39 is 0 Å². The Hall–Kier alpha value is -0.970. The molecule has 1 heterocycles. The van der Waals surface area contributed by atoms with Crippen LogP contribution in [0.3, 0.4) is 0 Å². The lowest BCUT2D eigenvalue weighted by Gasteiger charge is -2.23. The van der Waals surface area contributed by atoms with Crippen molar-refractivity contribution >= 4 is 23.1 Å². The zero-order valence-corrected chi connectivity index (χ0v) is 14.6. The van der Waals surface area contributed by atoms with Gasteiger partial charge in [0.1, 0.15) is 0 Å². The lowest BCUT2D eigenvalue weighted by molar-refractivity contribution is 0.538. The number of aromatic nitrogens is 2. The summed E-state index contributed by atoms with van der Waals surface area (Å²) in [6.45, 7) is 9.64. The second kappa shape index (κ2) is 6.86. The molecule has 0 saturated carbocycles. The van der Waals surface area contributed by atoms with Gasteiger partial charge in [-0.3, -0.25) is 0 Å². The van der Waals surface area contributed by atoms with Crippen molar-refractivity contribution in [3.8, 4) is 0 Å². The van der Waals surface area contributed by atoms with E-state index in [-0.39, 0.29) is 11.5 Å². The van der Waals surface area contributed by atoms with Crippen LogP contribution in [0.4, 0.5) is 0 Å². The van der Waals surface area contributed by atoms with Gasteiger partial charge in [0.15, 0.2) is 0 Å². The lowest BCUT2D eigenvalue weighted by atomic mass is 9.89. The van der Waals surface area contributed by atoms with Gasteiger partial charge in [-0.15, -0.1) is 5.10 Å². The Morgan fingerprint density at radius 3 is 2.48 bits per heavy atom. The van der Waals surface area contributed by atoms with E-state index in [1.807, 2.05) is 12.1 Å². The first-order valence-corrected chi connectivity index (χ1v) is 8.40. The summed E-state index contributed by atoms with van der Waals surface area (Å²) in [5, 5.41) is 8.73. The SMILES string of the molecule is CCCNC(c1ccc(Cl)cc1)c1snnc1C(C)(C)C. The van der Waals surface area contributed by atoms with Crippen molar-refractivity contribution in [2.75, 3.05) is 6.54 Å². The van der Waals surface area contributed by atoms with Crippen LogP contribution in [0, 0.1) is 0 Å². The number of benzene rings is 1. The number of hydrogen-bond acceptors (Lipinski definition) is 4. The maximum Gasteiger partial charge on any atom is 0.0860 e. The van der Waals surface area contributed by atoms with Crippen LogP contribution in [0.15, 0.2) is 24.3 Å². The Bertz CT molecular complexity index is 572. The third kappa shape index (κ3) is 4.02. The normalized spacial score (nSPS) is 13.4. The molecule has 2 rings (SSSR count). The van der Waals surface area contributed by atoms with Crippen LogP contribution in [0.1, 0.15) is 56.3 Å². The molecule has 0 aliphatic heterocycles. The van der Waals surface area contributed by atoms with Crippen molar-refractivity contribution in [3.63, 3.8) is 0 Å². The first-order valence-electron chi connectivity index (χ1n) is 7.25. The smallest absolute Gasteiger partial charge is 0.0860 e. The average molecular weight is 324 g/mol. The monoisotopic (exact) mass is 323 g/mol. The number of nitrogens with one attached hydrogen (secondary N) is 1. The van der Waals surface area contributed by atoms with Crippen molar-refractivity contribution in [1.29, 1.82) is 0 Å². The van der Waals surface area contributed by atoms with Gasteiger partial charge in [0, 0.05) is 10.4 Å². The minimum absolute atomic E-state index is 0.0130. The minimum atomic E-state index is -0.0130. The number of hydrogen-bond donors (Lipinski definition) is 1. The highest BCUT2D eigenvalue weighted by Gasteiger charge is 2.27. The van der Waals surface area contributed by atoms with Crippen LogP contribution in [-0.4, -0.2) is 16.1 Å². The van der Waals surface area contributed by atoms with Gasteiger partial charge in [-0.05, 0) is 42.2 Å². The molecule has 0 radical (unpaired) electrons. The topological polar surface area (TPSA) is 37.8 Å². The van der Waals surface area contributed by atoms with E-state index in [0.29, 0.717) is 0 Å². The Balaban J connectivity index is 2.41. The molecule has 21 heavy (non-hydrogen) atoms. The Kier molecular flexibility index (Phi) is 5.36. The summed E-state index contributed by atoms with van der Waals surface area (Å²) in [5.74, 6) is 0. The van der Waals surface area contributed by atoms with Crippen LogP contribution in [0.2, 0.25) is 5.02 Å². The highest BCUT2D eigenvalue weighted by atomic mass is 35.5. The van der Waals surface area contributed by atoms with Gasteiger partial charge in [-0.25, -0.2) is 0 Å². The number of nitrogens with zero attached hydrogens (tertiary/aromatic N) is 2. The first-order chi connectivity index (χ1) is 9.93. The second-order valence-electron chi connectivity index (χ2n) is 6.17. The lowest BCUT2D eigenvalue weighted by Crippen LogP contribution is -2.25. The fourth-order valence-electron chi connectivity index (χ4n) is 2.21. The molecule has 0 spiro atoms. The summed E-state index contributed by atoms with van der Waals surface area (Å²) in [6, 6.07) is 8.13. The number of rotatable bonds is 5.